The second-order valence-corrected chi connectivity index (χ2v) is 9.81. The first-order valence-electron chi connectivity index (χ1n) is 11.2. The van der Waals surface area contributed by atoms with E-state index in [1.54, 1.807) is 4.57 Å². The maximum absolute atomic E-state index is 13.3. The van der Waals surface area contributed by atoms with E-state index in [0.717, 1.165) is 55.9 Å². The van der Waals surface area contributed by atoms with Gasteiger partial charge in [0.05, 0.1) is 5.60 Å². The first-order valence-corrected chi connectivity index (χ1v) is 11.2. The highest BCUT2D eigenvalue weighted by Crippen LogP contribution is 2.43. The average Bonchev–Trinajstić information content (AvgIpc) is 3.32. The number of imidazole rings is 1. The Labute approximate surface area is 172 Å². The normalized spacial score (nSPS) is 30.3. The zero-order valence-electron chi connectivity index (χ0n) is 18.5. The number of hydrogen-bond donors (Lipinski definition) is 2. The van der Waals surface area contributed by atoms with Gasteiger partial charge < -0.3 is 10.4 Å². The summed E-state index contributed by atoms with van der Waals surface area (Å²) >= 11 is 0. The van der Waals surface area contributed by atoms with Crippen LogP contribution in [0.15, 0.2) is 4.79 Å². The highest BCUT2D eigenvalue weighted by atomic mass is 16.3. The van der Waals surface area contributed by atoms with E-state index in [4.69, 9.17) is 9.97 Å². The van der Waals surface area contributed by atoms with E-state index in [0.29, 0.717) is 24.8 Å². The Balaban J connectivity index is 1.81. The van der Waals surface area contributed by atoms with Gasteiger partial charge in [-0.05, 0) is 44.9 Å². The second-order valence-electron chi connectivity index (χ2n) is 9.81. The molecular formula is C22H35N5O2. The summed E-state index contributed by atoms with van der Waals surface area (Å²) in [6.07, 6.45) is 5.14. The van der Waals surface area contributed by atoms with Crippen LogP contribution in [0.1, 0.15) is 79.0 Å². The molecule has 7 heteroatoms. The molecule has 2 N–H and O–H groups in total. The Morgan fingerprint density at radius 2 is 1.90 bits per heavy atom. The summed E-state index contributed by atoms with van der Waals surface area (Å²) < 4.78 is 3.67. The van der Waals surface area contributed by atoms with Crippen LogP contribution in [-0.2, 0) is 18.5 Å². The molecule has 4 rings (SSSR count). The molecule has 0 aromatic heterocycles. The fraction of sp³-hybridized carbons (Fsp3) is 0.773. The quantitative estimate of drug-likeness (QED) is 0.802. The van der Waals surface area contributed by atoms with E-state index in [9.17, 15) is 9.90 Å². The fourth-order valence-electron chi connectivity index (χ4n) is 4.74. The maximum Gasteiger partial charge on any atom is 0.331 e. The number of anilines is 1. The predicted molar refractivity (Wildman–Crippen MR) is 115 cm³/mol. The van der Waals surface area contributed by atoms with Crippen LogP contribution in [0.25, 0.3) is 11.5 Å². The standard InChI is InChI=1S/C22H35N5O2/c1-6-12-26-18-16(17-23-15(14(3)7-2)13-27(17)20(26)28)24-19(25-18)21(4)8-10-22(5,29)11-9-21/h14-15,23,29H,6-13H2,1-5H3/t14?,15-,21?,22?/m1/s1. The van der Waals surface area contributed by atoms with Crippen LogP contribution in [0.2, 0.25) is 0 Å². The summed E-state index contributed by atoms with van der Waals surface area (Å²) in [5, 5.41) is 14.0. The van der Waals surface area contributed by atoms with Crippen molar-refractivity contribution in [2.45, 2.75) is 103 Å². The molecule has 0 bridgehead atoms. The number of hydrogen-bond acceptors (Lipinski definition) is 5. The van der Waals surface area contributed by atoms with Crippen LogP contribution in [-0.4, -0.2) is 35.9 Å². The minimum atomic E-state index is -0.599. The third-order valence-corrected chi connectivity index (χ3v) is 7.30. The van der Waals surface area contributed by atoms with Gasteiger partial charge in [-0.1, -0.05) is 34.1 Å². The zero-order chi connectivity index (χ0) is 21.0. The van der Waals surface area contributed by atoms with Gasteiger partial charge in [0.2, 0.25) is 0 Å². The summed E-state index contributed by atoms with van der Waals surface area (Å²) in [7, 11) is 0. The number of fused-ring (bicyclic) bond motifs is 3. The molecule has 3 heterocycles. The van der Waals surface area contributed by atoms with Crippen molar-refractivity contribution in [3.8, 4) is 11.5 Å². The Hall–Kier alpha value is -1.89. The molecule has 1 unspecified atom stereocenters. The largest absolute Gasteiger partial charge is 0.390 e. The molecule has 0 aromatic carbocycles. The Kier molecular flexibility index (Phi) is 5.00. The molecule has 0 amide bonds. The van der Waals surface area contributed by atoms with Crippen molar-refractivity contribution in [1.82, 2.24) is 19.1 Å². The van der Waals surface area contributed by atoms with Crippen molar-refractivity contribution in [3.63, 3.8) is 0 Å². The van der Waals surface area contributed by atoms with Crippen LogP contribution in [0, 0.1) is 5.92 Å². The number of nitrogens with zero attached hydrogens (tertiary/aromatic N) is 4. The van der Waals surface area contributed by atoms with Gasteiger partial charge in [-0.15, -0.1) is 0 Å². The number of aromatic nitrogens is 4. The highest BCUT2D eigenvalue weighted by molar-refractivity contribution is 5.70. The van der Waals surface area contributed by atoms with Gasteiger partial charge in [0.1, 0.15) is 17.3 Å². The van der Waals surface area contributed by atoms with Crippen molar-refractivity contribution in [2.24, 2.45) is 5.92 Å². The molecule has 1 fully saturated rings. The summed E-state index contributed by atoms with van der Waals surface area (Å²) in [5.41, 5.74) is 0.0618. The first-order chi connectivity index (χ1) is 13.7. The van der Waals surface area contributed by atoms with Gasteiger partial charge in [-0.25, -0.2) is 14.8 Å². The second kappa shape index (κ2) is 7.11. The van der Waals surface area contributed by atoms with Crippen LogP contribution in [0.3, 0.4) is 0 Å². The molecule has 160 valence electrons. The predicted octanol–water partition coefficient (Wildman–Crippen LogP) is 3.38. The average molecular weight is 402 g/mol. The van der Waals surface area contributed by atoms with Gasteiger partial charge in [0.25, 0.3) is 0 Å². The molecule has 3 aliphatic heterocycles. The number of rotatable bonds is 5. The molecule has 29 heavy (non-hydrogen) atoms. The molecule has 1 aliphatic carbocycles. The minimum Gasteiger partial charge on any atom is -0.390 e. The van der Waals surface area contributed by atoms with Crippen molar-refractivity contribution in [3.05, 3.63) is 16.3 Å². The van der Waals surface area contributed by atoms with E-state index in [1.165, 1.54) is 0 Å². The van der Waals surface area contributed by atoms with Gasteiger partial charge in [-0.3, -0.25) is 9.13 Å². The number of aliphatic hydroxyl groups is 1. The SMILES string of the molecule is CCCn1c2nc(C3(C)CCC(C)(O)CC3)nc-2c2n(c1=O)C[C@H](C(C)CC)N2. The Bertz CT molecular complexity index is 918. The fourth-order valence-corrected chi connectivity index (χ4v) is 4.74. The third kappa shape index (κ3) is 3.37. The summed E-state index contributed by atoms with van der Waals surface area (Å²) in [5.74, 6) is 2.82. The van der Waals surface area contributed by atoms with Crippen LogP contribution in [0.5, 0.6) is 0 Å². The van der Waals surface area contributed by atoms with Gasteiger partial charge in [0, 0.05) is 24.5 Å². The summed E-state index contributed by atoms with van der Waals surface area (Å²) in [4.78, 5) is 23.2. The van der Waals surface area contributed by atoms with Gasteiger partial charge >= 0.3 is 5.69 Å². The van der Waals surface area contributed by atoms with Crippen LogP contribution in [0.4, 0.5) is 5.82 Å². The molecular weight excluding hydrogens is 366 g/mol. The molecule has 0 spiro atoms. The molecule has 0 saturated heterocycles. The van der Waals surface area contributed by atoms with E-state index in [-0.39, 0.29) is 17.1 Å². The minimum absolute atomic E-state index is 0.0100. The molecule has 2 atom stereocenters. The lowest BCUT2D eigenvalue weighted by Gasteiger charge is -2.38. The van der Waals surface area contributed by atoms with E-state index >= 15 is 0 Å². The first kappa shape index (κ1) is 20.4. The Morgan fingerprint density at radius 1 is 1.21 bits per heavy atom. The maximum atomic E-state index is 13.3. The molecule has 1 saturated carbocycles. The molecule has 4 aliphatic rings. The molecule has 0 aromatic rings. The third-order valence-electron chi connectivity index (χ3n) is 7.30. The van der Waals surface area contributed by atoms with E-state index < -0.39 is 5.60 Å². The van der Waals surface area contributed by atoms with E-state index in [1.807, 2.05) is 11.5 Å². The van der Waals surface area contributed by atoms with Crippen molar-refractivity contribution in [1.29, 1.82) is 0 Å². The van der Waals surface area contributed by atoms with Crippen LogP contribution >= 0.6 is 0 Å². The van der Waals surface area contributed by atoms with E-state index in [2.05, 4.69) is 33.0 Å². The monoisotopic (exact) mass is 401 g/mol. The van der Waals surface area contributed by atoms with Crippen molar-refractivity contribution < 1.29 is 5.11 Å². The molecule has 7 nitrogen and oxygen atoms in total. The van der Waals surface area contributed by atoms with Crippen molar-refractivity contribution >= 4 is 5.82 Å². The molecule has 0 radical (unpaired) electrons. The topological polar surface area (TPSA) is 85.0 Å². The summed E-state index contributed by atoms with van der Waals surface area (Å²) in [6, 6.07) is 0.244. The van der Waals surface area contributed by atoms with Gasteiger partial charge in [0.15, 0.2) is 5.82 Å². The lowest BCUT2D eigenvalue weighted by atomic mass is 9.70. The van der Waals surface area contributed by atoms with Crippen molar-refractivity contribution in [2.75, 3.05) is 5.32 Å². The van der Waals surface area contributed by atoms with Crippen LogP contribution < -0.4 is 11.0 Å². The smallest absolute Gasteiger partial charge is 0.331 e. The lowest BCUT2D eigenvalue weighted by Crippen LogP contribution is -2.38. The number of nitrogens with one attached hydrogen (secondary N) is 1. The van der Waals surface area contributed by atoms with Gasteiger partial charge in [-0.2, -0.15) is 0 Å². The highest BCUT2D eigenvalue weighted by Gasteiger charge is 2.42. The zero-order valence-corrected chi connectivity index (χ0v) is 18.5. The summed E-state index contributed by atoms with van der Waals surface area (Å²) in [6.45, 7) is 11.9. The lowest BCUT2D eigenvalue weighted by molar-refractivity contribution is 0.00181. The Morgan fingerprint density at radius 3 is 2.52 bits per heavy atom.